The van der Waals surface area contributed by atoms with Crippen LogP contribution in [0, 0.1) is 0 Å². The van der Waals surface area contributed by atoms with E-state index in [1.54, 1.807) is 12.1 Å². The molecule has 2 aromatic rings. The Morgan fingerprint density at radius 1 is 1.03 bits per heavy atom. The first-order chi connectivity index (χ1) is 15.5. The lowest BCUT2D eigenvalue weighted by Gasteiger charge is -2.25. The van der Waals surface area contributed by atoms with E-state index in [0.29, 0.717) is 22.8 Å². The van der Waals surface area contributed by atoms with Crippen molar-refractivity contribution >= 4 is 27.8 Å². The van der Waals surface area contributed by atoms with Gasteiger partial charge >= 0.3 is 5.97 Å². The molecule has 12 heteroatoms. The average molecular weight is 483 g/mol. The molecule has 5 N–H and O–H groups in total. The number of aliphatic hydroxyl groups is 1. The van der Waals surface area contributed by atoms with Crippen molar-refractivity contribution < 1.29 is 42.4 Å². The first-order valence-corrected chi connectivity index (χ1v) is 10.9. The molecule has 0 spiro atoms. The van der Waals surface area contributed by atoms with Crippen LogP contribution in [0.1, 0.15) is 11.1 Å². The summed E-state index contributed by atoms with van der Waals surface area (Å²) in [5, 5.41) is 19.9. The lowest BCUT2D eigenvalue weighted by Crippen LogP contribution is -2.48. The third-order valence-corrected chi connectivity index (χ3v) is 5.75. The van der Waals surface area contributed by atoms with Gasteiger partial charge in [0.1, 0.15) is 23.0 Å². The topological polar surface area (TPSA) is 167 Å². The van der Waals surface area contributed by atoms with Crippen molar-refractivity contribution in [1.29, 1.82) is 0 Å². The number of nitrogens with one attached hydrogen (secondary N) is 1. The predicted molar refractivity (Wildman–Crippen MR) is 121 cm³/mol. The van der Waals surface area contributed by atoms with Crippen LogP contribution in [0.25, 0.3) is 6.08 Å². The Kier molecular flexibility index (Phi) is 8.14. The molecule has 1 atom stereocenters. The van der Waals surface area contributed by atoms with Crippen molar-refractivity contribution in [2.75, 3.05) is 39.8 Å². The lowest BCUT2D eigenvalue weighted by atomic mass is 9.90. The fourth-order valence-electron chi connectivity index (χ4n) is 2.94. The van der Waals surface area contributed by atoms with Gasteiger partial charge in [-0.2, -0.15) is 0 Å². The van der Waals surface area contributed by atoms with Crippen LogP contribution in [0.15, 0.2) is 35.7 Å². The number of benzene rings is 2. The number of carboxylic acid groups (broad SMARTS) is 1. The van der Waals surface area contributed by atoms with E-state index in [0.717, 1.165) is 5.41 Å². The van der Waals surface area contributed by atoms with E-state index in [-0.39, 0.29) is 17.0 Å². The molecule has 0 aromatic heterocycles. The highest BCUT2D eigenvalue weighted by Crippen LogP contribution is 2.35. The molecule has 0 fully saturated rings. The zero-order valence-corrected chi connectivity index (χ0v) is 19.3. The van der Waals surface area contributed by atoms with Gasteiger partial charge in [-0.05, 0) is 24.3 Å². The number of methoxy groups -OCH3 is 4. The molecule has 0 aliphatic carbocycles. The van der Waals surface area contributed by atoms with E-state index >= 15 is 0 Å². The molecule has 0 bridgehead atoms. The van der Waals surface area contributed by atoms with Gasteiger partial charge in [0, 0.05) is 23.4 Å². The number of hydrogen-bond donors (Lipinski definition) is 4. The normalized spacial score (nSPS) is 13.3. The molecule has 180 valence electrons. The molecule has 33 heavy (non-hydrogen) atoms. The number of carboxylic acids is 1. The summed E-state index contributed by atoms with van der Waals surface area (Å²) in [5.74, 6) is -0.342. The molecule has 0 aliphatic heterocycles. The molecule has 2 rings (SSSR count). The molecular weight excluding hydrogens is 456 g/mol. The van der Waals surface area contributed by atoms with Gasteiger partial charge < -0.3 is 34.9 Å². The van der Waals surface area contributed by atoms with E-state index < -0.39 is 28.1 Å². The molecule has 0 saturated carbocycles. The summed E-state index contributed by atoms with van der Waals surface area (Å²) in [7, 11) is 1.52. The largest absolute Gasteiger partial charge is 0.496 e. The highest BCUT2D eigenvalue weighted by atomic mass is 32.2. The second-order valence-corrected chi connectivity index (χ2v) is 8.31. The monoisotopic (exact) mass is 482 g/mol. The zero-order chi connectivity index (χ0) is 24.8. The first-order valence-electron chi connectivity index (χ1n) is 9.37. The number of aliphatic hydroxyl groups excluding tert-OH is 1. The Bertz CT molecular complexity index is 1120. The standard InChI is InChI=1S/C21H26N2O9S/c1-29-14-10-18(31-3)15(19(11-14)32-4)7-8-33(27,28)23-13-5-6-17(30-2)16(9-13)21(22,12-24)20(25)26/h5-11,23-24H,12,22H2,1-4H3,(H,25,26)/t21-/m0/s1. The van der Waals surface area contributed by atoms with Gasteiger partial charge in [-0.25, -0.2) is 13.2 Å². The van der Waals surface area contributed by atoms with E-state index in [4.69, 9.17) is 24.7 Å². The fourth-order valence-corrected chi connectivity index (χ4v) is 3.78. The van der Waals surface area contributed by atoms with Crippen molar-refractivity contribution in [1.82, 2.24) is 0 Å². The van der Waals surface area contributed by atoms with Crippen LogP contribution in [-0.4, -0.2) is 59.6 Å². The van der Waals surface area contributed by atoms with Crippen molar-refractivity contribution in [2.45, 2.75) is 5.54 Å². The first kappa shape index (κ1) is 25.8. The van der Waals surface area contributed by atoms with Crippen LogP contribution in [0.4, 0.5) is 5.69 Å². The number of carbonyl (C=O) groups is 1. The Balaban J connectivity index is 2.44. The molecule has 11 nitrogen and oxygen atoms in total. The van der Waals surface area contributed by atoms with Gasteiger partial charge in [0.2, 0.25) is 0 Å². The number of hydrogen-bond acceptors (Lipinski definition) is 9. The second-order valence-electron chi connectivity index (χ2n) is 6.75. The van der Waals surface area contributed by atoms with Crippen LogP contribution in [-0.2, 0) is 20.4 Å². The summed E-state index contributed by atoms with van der Waals surface area (Å²) in [5.41, 5.74) is 3.89. The number of aliphatic carboxylic acids is 1. The molecule has 0 aliphatic rings. The highest BCUT2D eigenvalue weighted by Gasteiger charge is 2.38. The van der Waals surface area contributed by atoms with Crippen molar-refractivity contribution in [2.24, 2.45) is 5.73 Å². The number of rotatable bonds is 11. The van der Waals surface area contributed by atoms with E-state index in [9.17, 15) is 23.4 Å². The van der Waals surface area contributed by atoms with Crippen LogP contribution in [0.5, 0.6) is 23.0 Å². The maximum Gasteiger partial charge on any atom is 0.330 e. The lowest BCUT2D eigenvalue weighted by molar-refractivity contribution is -0.145. The Hall–Kier alpha value is -3.48. The van der Waals surface area contributed by atoms with Gasteiger partial charge in [0.05, 0.1) is 46.0 Å². The Morgan fingerprint density at radius 3 is 2.06 bits per heavy atom. The summed E-state index contributed by atoms with van der Waals surface area (Å²) in [6.07, 6.45) is 1.28. The maximum atomic E-state index is 12.7. The van der Waals surface area contributed by atoms with E-state index in [2.05, 4.69) is 4.72 Å². The smallest absolute Gasteiger partial charge is 0.330 e. The number of anilines is 1. The summed E-state index contributed by atoms with van der Waals surface area (Å²) in [4.78, 5) is 11.6. The Morgan fingerprint density at radius 2 is 1.61 bits per heavy atom. The van der Waals surface area contributed by atoms with Gasteiger partial charge in [0.25, 0.3) is 10.0 Å². The van der Waals surface area contributed by atoms with Crippen LogP contribution < -0.4 is 29.4 Å². The molecule has 0 unspecified atom stereocenters. The molecule has 0 saturated heterocycles. The number of ether oxygens (including phenoxy) is 4. The van der Waals surface area contributed by atoms with Crippen LogP contribution >= 0.6 is 0 Å². The number of sulfonamides is 1. The van der Waals surface area contributed by atoms with Crippen LogP contribution in [0.3, 0.4) is 0 Å². The summed E-state index contributed by atoms with van der Waals surface area (Å²) < 4.78 is 48.5. The predicted octanol–water partition coefficient (Wildman–Crippen LogP) is 1.36. The van der Waals surface area contributed by atoms with Gasteiger partial charge in [-0.1, -0.05) is 0 Å². The minimum atomic E-state index is -4.07. The molecule has 0 heterocycles. The Labute approximate surface area is 191 Å². The summed E-state index contributed by atoms with van der Waals surface area (Å²) in [6, 6.07) is 7.02. The van der Waals surface area contributed by atoms with E-state index in [1.807, 2.05) is 0 Å². The second kappa shape index (κ2) is 10.4. The molecule has 0 amide bonds. The van der Waals surface area contributed by atoms with Crippen molar-refractivity contribution in [3.63, 3.8) is 0 Å². The van der Waals surface area contributed by atoms with E-state index in [1.165, 1.54) is 52.7 Å². The average Bonchev–Trinajstić information content (AvgIpc) is 2.81. The van der Waals surface area contributed by atoms with Crippen molar-refractivity contribution in [3.05, 3.63) is 46.9 Å². The van der Waals surface area contributed by atoms with Crippen LogP contribution in [0.2, 0.25) is 0 Å². The van der Waals surface area contributed by atoms with Gasteiger partial charge in [0.15, 0.2) is 5.54 Å². The minimum absolute atomic E-state index is 0.00800. The third-order valence-electron chi connectivity index (χ3n) is 4.74. The highest BCUT2D eigenvalue weighted by molar-refractivity contribution is 7.95. The molecular formula is C21H26N2O9S. The fraction of sp³-hybridized carbons (Fsp3) is 0.286. The summed E-state index contributed by atoms with van der Waals surface area (Å²) >= 11 is 0. The number of nitrogens with two attached hydrogens (primary N) is 1. The van der Waals surface area contributed by atoms with Gasteiger partial charge in [-0.15, -0.1) is 0 Å². The maximum absolute atomic E-state index is 12.7. The zero-order valence-electron chi connectivity index (χ0n) is 18.5. The summed E-state index contributed by atoms with van der Waals surface area (Å²) in [6.45, 7) is -0.939. The molecule has 2 aromatic carbocycles. The SMILES string of the molecule is COc1cc(OC)c(C=CS(=O)(=O)Nc2ccc(OC)c([C@@](N)(CO)C(=O)O)c2)c(OC)c1. The minimum Gasteiger partial charge on any atom is -0.496 e. The molecule has 0 radical (unpaired) electrons. The van der Waals surface area contributed by atoms with Gasteiger partial charge in [-0.3, -0.25) is 4.72 Å². The van der Waals surface area contributed by atoms with Crippen molar-refractivity contribution in [3.8, 4) is 23.0 Å². The third kappa shape index (κ3) is 5.66. The quantitative estimate of drug-likeness (QED) is 0.367.